The van der Waals surface area contributed by atoms with Gasteiger partial charge in [-0.05, 0) is 36.1 Å². The SMILES string of the molecule is CCCCC(NC(=O)C(Cc1ccc(C(=N)N)cc1)C(=O)N(C)C)C(=O)N[C@@H](Cc1ccc(O)cc1)C(N)=O.O=C(O)C(F)(F)F. The molecule has 252 valence electrons. The molecule has 0 aliphatic rings. The highest BCUT2D eigenvalue weighted by molar-refractivity contribution is 6.02. The first kappa shape index (κ1) is 38.9. The summed E-state index contributed by atoms with van der Waals surface area (Å²) in [6.45, 7) is 1.94. The molecule has 0 aliphatic carbocycles. The maximum atomic E-state index is 13.4. The van der Waals surface area contributed by atoms with Crippen LogP contribution in [-0.2, 0) is 36.8 Å². The second-order valence-electron chi connectivity index (χ2n) is 10.4. The summed E-state index contributed by atoms with van der Waals surface area (Å²) in [5.41, 5.74) is 12.9. The van der Waals surface area contributed by atoms with Crippen molar-refractivity contribution in [1.29, 1.82) is 5.41 Å². The zero-order valence-electron chi connectivity index (χ0n) is 25.6. The van der Waals surface area contributed by atoms with Crippen molar-refractivity contribution in [3.05, 3.63) is 65.2 Å². The molecule has 16 heteroatoms. The van der Waals surface area contributed by atoms with E-state index in [9.17, 15) is 37.5 Å². The molecule has 9 N–H and O–H groups in total. The summed E-state index contributed by atoms with van der Waals surface area (Å²) in [4.78, 5) is 61.9. The minimum absolute atomic E-state index is 0.0670. The third-order valence-electron chi connectivity index (χ3n) is 6.52. The molecule has 3 atom stereocenters. The summed E-state index contributed by atoms with van der Waals surface area (Å²) in [5, 5.41) is 29.5. The molecular weight excluding hydrogens is 613 g/mol. The Morgan fingerprint density at radius 2 is 1.35 bits per heavy atom. The van der Waals surface area contributed by atoms with Gasteiger partial charge in [0.05, 0.1) is 0 Å². The smallest absolute Gasteiger partial charge is 0.490 e. The summed E-state index contributed by atoms with van der Waals surface area (Å²) in [6, 6.07) is 10.8. The Balaban J connectivity index is 0.00000135. The quantitative estimate of drug-likeness (QED) is 0.0895. The largest absolute Gasteiger partial charge is 0.508 e. The molecule has 0 saturated heterocycles. The Hall–Kier alpha value is -5.15. The van der Waals surface area contributed by atoms with E-state index in [1.54, 1.807) is 50.5 Å². The number of hydrogen-bond donors (Lipinski definition) is 7. The van der Waals surface area contributed by atoms with Gasteiger partial charge < -0.3 is 37.2 Å². The number of nitrogens with one attached hydrogen (secondary N) is 3. The Morgan fingerprint density at radius 3 is 1.78 bits per heavy atom. The summed E-state index contributed by atoms with van der Waals surface area (Å²) in [6.07, 6.45) is -3.22. The number of benzene rings is 2. The van der Waals surface area contributed by atoms with Crippen LogP contribution in [0.3, 0.4) is 0 Å². The van der Waals surface area contributed by atoms with Crippen molar-refractivity contribution in [2.45, 2.75) is 57.3 Å². The topological polar surface area (TPSA) is 229 Å². The summed E-state index contributed by atoms with van der Waals surface area (Å²) < 4.78 is 31.7. The molecule has 2 aromatic rings. The second kappa shape index (κ2) is 18.0. The van der Waals surface area contributed by atoms with E-state index >= 15 is 0 Å². The number of alkyl halides is 3. The van der Waals surface area contributed by atoms with Crippen LogP contribution in [0.2, 0.25) is 0 Å². The fourth-order valence-electron chi connectivity index (χ4n) is 3.97. The van der Waals surface area contributed by atoms with Gasteiger partial charge in [-0.25, -0.2) is 4.79 Å². The standard InChI is InChI=1S/C28H38N6O5.C2HF3O2/c1-4-5-6-22(27(38)33-23(25(31)36)16-18-9-13-20(35)14-10-18)32-26(37)21(28(39)34(2)3)15-17-7-11-19(12-8-17)24(29)30;3-2(4,5)1(6)7/h7-14,21-23,35H,4-6,15-16H2,1-3H3,(H3,29,30)(H2,31,36)(H,32,37)(H,33,38);(H,6,7)/t21?,22?,23-;/m0./s1. The molecule has 0 saturated carbocycles. The summed E-state index contributed by atoms with van der Waals surface area (Å²) in [5.74, 6) is -6.26. The molecule has 0 bridgehead atoms. The van der Waals surface area contributed by atoms with Crippen LogP contribution < -0.4 is 22.1 Å². The Morgan fingerprint density at radius 1 is 0.870 bits per heavy atom. The fraction of sp³-hybridized carbons (Fsp3) is 0.400. The molecule has 0 aromatic heterocycles. The molecule has 2 unspecified atom stereocenters. The highest BCUT2D eigenvalue weighted by Gasteiger charge is 2.38. The van der Waals surface area contributed by atoms with Gasteiger partial charge in [-0.2, -0.15) is 13.2 Å². The van der Waals surface area contributed by atoms with Gasteiger partial charge in [0, 0.05) is 26.1 Å². The highest BCUT2D eigenvalue weighted by atomic mass is 19.4. The number of nitrogen functional groups attached to an aromatic ring is 1. The third-order valence-corrected chi connectivity index (χ3v) is 6.52. The lowest BCUT2D eigenvalue weighted by Crippen LogP contribution is -2.55. The molecule has 2 aromatic carbocycles. The van der Waals surface area contributed by atoms with Crippen LogP contribution in [0.4, 0.5) is 13.2 Å². The third kappa shape index (κ3) is 13.2. The van der Waals surface area contributed by atoms with Crippen LogP contribution in [0.5, 0.6) is 5.75 Å². The Kier molecular flexibility index (Phi) is 15.2. The van der Waals surface area contributed by atoms with E-state index in [-0.39, 0.29) is 24.4 Å². The number of carbonyl (C=O) groups excluding carboxylic acids is 4. The normalized spacial score (nSPS) is 12.7. The number of phenolic OH excluding ortho intramolecular Hbond substituents is 1. The number of carboxylic acid groups (broad SMARTS) is 1. The van der Waals surface area contributed by atoms with Gasteiger partial charge in [-0.15, -0.1) is 0 Å². The first-order valence-electron chi connectivity index (χ1n) is 14.0. The highest BCUT2D eigenvalue weighted by Crippen LogP contribution is 2.16. The first-order chi connectivity index (χ1) is 21.4. The van der Waals surface area contributed by atoms with Crippen molar-refractivity contribution in [1.82, 2.24) is 15.5 Å². The molecule has 13 nitrogen and oxygen atoms in total. The number of nitrogens with zero attached hydrogens (tertiary/aromatic N) is 1. The van der Waals surface area contributed by atoms with E-state index in [2.05, 4.69) is 10.6 Å². The van der Waals surface area contributed by atoms with E-state index < -0.39 is 53.8 Å². The van der Waals surface area contributed by atoms with Crippen molar-refractivity contribution in [2.75, 3.05) is 14.1 Å². The number of rotatable bonds is 14. The Labute approximate surface area is 263 Å². The molecule has 0 heterocycles. The number of unbranched alkanes of at least 4 members (excludes halogenated alkanes) is 1. The molecule has 4 amide bonds. The average Bonchev–Trinajstić information content (AvgIpc) is 2.98. The van der Waals surface area contributed by atoms with Crippen molar-refractivity contribution in [3.63, 3.8) is 0 Å². The van der Waals surface area contributed by atoms with Gasteiger partial charge in [0.25, 0.3) is 0 Å². The number of aromatic hydroxyl groups is 1. The molecule has 0 aliphatic heterocycles. The zero-order valence-corrected chi connectivity index (χ0v) is 25.6. The van der Waals surface area contributed by atoms with Gasteiger partial charge in [0.1, 0.15) is 29.6 Å². The first-order valence-corrected chi connectivity index (χ1v) is 14.0. The van der Waals surface area contributed by atoms with E-state index in [0.29, 0.717) is 29.5 Å². The average molecular weight is 653 g/mol. The van der Waals surface area contributed by atoms with E-state index in [1.165, 1.54) is 17.0 Å². The lowest BCUT2D eigenvalue weighted by Gasteiger charge is -2.25. The van der Waals surface area contributed by atoms with Gasteiger partial charge in [0.2, 0.25) is 23.6 Å². The number of phenols is 1. The van der Waals surface area contributed by atoms with Crippen molar-refractivity contribution < 1.29 is 47.4 Å². The van der Waals surface area contributed by atoms with Crippen molar-refractivity contribution in [3.8, 4) is 5.75 Å². The lowest BCUT2D eigenvalue weighted by atomic mass is 9.95. The monoisotopic (exact) mass is 652 g/mol. The molecule has 0 fully saturated rings. The number of amidine groups is 1. The van der Waals surface area contributed by atoms with Crippen molar-refractivity contribution in [2.24, 2.45) is 17.4 Å². The fourth-order valence-corrected chi connectivity index (χ4v) is 3.97. The predicted molar refractivity (Wildman–Crippen MR) is 161 cm³/mol. The second-order valence-corrected chi connectivity index (χ2v) is 10.4. The van der Waals surface area contributed by atoms with Crippen LogP contribution in [0.25, 0.3) is 0 Å². The van der Waals surface area contributed by atoms with Crippen LogP contribution >= 0.6 is 0 Å². The number of amides is 4. The number of nitrogens with two attached hydrogens (primary N) is 2. The van der Waals surface area contributed by atoms with Crippen LogP contribution in [-0.4, -0.2) is 82.9 Å². The van der Waals surface area contributed by atoms with E-state index in [4.69, 9.17) is 26.8 Å². The molecular formula is C30H39F3N6O7. The van der Waals surface area contributed by atoms with Gasteiger partial charge in [0.15, 0.2) is 0 Å². The maximum Gasteiger partial charge on any atom is 0.490 e. The molecule has 2 rings (SSSR count). The number of primary amides is 1. The number of hydrogen-bond acceptors (Lipinski definition) is 7. The zero-order chi connectivity index (χ0) is 35.2. The minimum Gasteiger partial charge on any atom is -0.508 e. The van der Waals surface area contributed by atoms with E-state index in [0.717, 1.165) is 6.42 Å². The lowest BCUT2D eigenvalue weighted by molar-refractivity contribution is -0.192. The Bertz CT molecular complexity index is 1370. The number of carboxylic acids is 1. The number of carbonyl (C=O) groups is 5. The van der Waals surface area contributed by atoms with Crippen LogP contribution in [0.1, 0.15) is 42.9 Å². The predicted octanol–water partition coefficient (Wildman–Crippen LogP) is 1.44. The summed E-state index contributed by atoms with van der Waals surface area (Å²) >= 11 is 0. The van der Waals surface area contributed by atoms with Crippen molar-refractivity contribution >= 4 is 35.4 Å². The molecule has 46 heavy (non-hydrogen) atoms. The number of halogens is 3. The molecule has 0 radical (unpaired) electrons. The van der Waals surface area contributed by atoms with E-state index in [1.807, 2.05) is 6.92 Å². The van der Waals surface area contributed by atoms with Crippen LogP contribution in [0, 0.1) is 11.3 Å². The van der Waals surface area contributed by atoms with Gasteiger partial charge in [-0.3, -0.25) is 24.6 Å². The number of aliphatic carboxylic acids is 1. The maximum absolute atomic E-state index is 13.4. The van der Waals surface area contributed by atoms with Crippen LogP contribution in [0.15, 0.2) is 48.5 Å². The van der Waals surface area contributed by atoms with Gasteiger partial charge in [-0.1, -0.05) is 56.2 Å². The van der Waals surface area contributed by atoms with Gasteiger partial charge >= 0.3 is 12.1 Å². The minimum atomic E-state index is -5.08. The summed E-state index contributed by atoms with van der Waals surface area (Å²) in [7, 11) is 3.09. The molecule has 0 spiro atoms.